The van der Waals surface area contributed by atoms with Crippen LogP contribution in [0.4, 0.5) is 15.9 Å². The summed E-state index contributed by atoms with van der Waals surface area (Å²) in [6.45, 7) is 0.373. The maximum absolute atomic E-state index is 13.1. The van der Waals surface area contributed by atoms with Crippen LogP contribution in [0.1, 0.15) is 16.1 Å². The van der Waals surface area contributed by atoms with Crippen molar-refractivity contribution in [1.29, 1.82) is 0 Å². The van der Waals surface area contributed by atoms with Crippen molar-refractivity contribution in [2.24, 2.45) is 0 Å². The number of carboxylic acid groups (broad SMARTS) is 1. The van der Waals surface area contributed by atoms with Crippen LogP contribution in [-0.4, -0.2) is 23.1 Å². The molecule has 1 aromatic carbocycles. The molecule has 0 bridgehead atoms. The van der Waals surface area contributed by atoms with Crippen molar-refractivity contribution >= 4 is 17.5 Å². The summed E-state index contributed by atoms with van der Waals surface area (Å²) < 4.78 is 13.1. The van der Waals surface area contributed by atoms with Gasteiger partial charge >= 0.3 is 5.97 Å². The highest BCUT2D eigenvalue weighted by Crippen LogP contribution is 2.21. The summed E-state index contributed by atoms with van der Waals surface area (Å²) in [4.78, 5) is 16.6. The lowest BCUT2D eigenvalue weighted by Crippen LogP contribution is -2.20. The van der Waals surface area contributed by atoms with Crippen LogP contribution in [-0.2, 0) is 6.54 Å². The predicted octanol–water partition coefficient (Wildman–Crippen LogP) is 2.14. The third kappa shape index (κ3) is 3.03. The molecule has 0 radical (unpaired) electrons. The number of halogens is 1. The molecule has 0 saturated heterocycles. The fourth-order valence-electron chi connectivity index (χ4n) is 1.87. The van der Waals surface area contributed by atoms with Gasteiger partial charge in [-0.2, -0.15) is 0 Å². The minimum Gasteiger partial charge on any atom is -0.477 e. The van der Waals surface area contributed by atoms with Crippen LogP contribution < -0.4 is 10.6 Å². The Kier molecular flexibility index (Phi) is 3.84. The van der Waals surface area contributed by atoms with Gasteiger partial charge in [0.15, 0.2) is 11.5 Å². The zero-order valence-corrected chi connectivity index (χ0v) is 10.9. The second-order valence-electron chi connectivity index (χ2n) is 4.40. The van der Waals surface area contributed by atoms with Gasteiger partial charge < -0.3 is 15.7 Å². The fourth-order valence-corrected chi connectivity index (χ4v) is 1.87. The molecule has 6 heteroatoms. The molecule has 0 amide bonds. The SMILES string of the molecule is CN(Cc1cccc(F)c1)c1nc(C(=O)O)ccc1N. The number of aromatic carboxylic acids is 1. The second-order valence-corrected chi connectivity index (χ2v) is 4.40. The van der Waals surface area contributed by atoms with Crippen molar-refractivity contribution in [3.8, 4) is 0 Å². The van der Waals surface area contributed by atoms with Crippen LogP contribution in [0.15, 0.2) is 36.4 Å². The molecule has 0 aliphatic heterocycles. The van der Waals surface area contributed by atoms with Crippen molar-refractivity contribution in [3.63, 3.8) is 0 Å². The third-order valence-corrected chi connectivity index (χ3v) is 2.79. The lowest BCUT2D eigenvalue weighted by molar-refractivity contribution is 0.0690. The molecule has 2 aromatic rings. The van der Waals surface area contributed by atoms with E-state index in [0.717, 1.165) is 5.56 Å². The largest absolute Gasteiger partial charge is 0.477 e. The first kappa shape index (κ1) is 13.8. The number of nitrogen functional groups attached to an aromatic ring is 1. The predicted molar refractivity (Wildman–Crippen MR) is 74.1 cm³/mol. The van der Waals surface area contributed by atoms with Crippen molar-refractivity contribution in [3.05, 3.63) is 53.5 Å². The normalized spacial score (nSPS) is 10.3. The van der Waals surface area contributed by atoms with Gasteiger partial charge in [-0.15, -0.1) is 0 Å². The average molecular weight is 275 g/mol. The number of carbonyl (C=O) groups is 1. The number of nitrogens with zero attached hydrogens (tertiary/aromatic N) is 2. The van der Waals surface area contributed by atoms with Crippen molar-refractivity contribution < 1.29 is 14.3 Å². The fraction of sp³-hybridized carbons (Fsp3) is 0.143. The molecule has 0 spiro atoms. The molecule has 1 heterocycles. The van der Waals surface area contributed by atoms with E-state index < -0.39 is 5.97 Å². The van der Waals surface area contributed by atoms with Gasteiger partial charge in [-0.05, 0) is 29.8 Å². The highest BCUT2D eigenvalue weighted by molar-refractivity contribution is 5.86. The van der Waals surface area contributed by atoms with Crippen LogP contribution in [0, 0.1) is 5.82 Å². The highest BCUT2D eigenvalue weighted by atomic mass is 19.1. The molecule has 5 nitrogen and oxygen atoms in total. The number of benzene rings is 1. The van der Waals surface area contributed by atoms with Gasteiger partial charge in [0.2, 0.25) is 0 Å². The summed E-state index contributed by atoms with van der Waals surface area (Å²) >= 11 is 0. The highest BCUT2D eigenvalue weighted by Gasteiger charge is 2.12. The van der Waals surface area contributed by atoms with Gasteiger partial charge in [-0.3, -0.25) is 0 Å². The number of carboxylic acids is 1. The van der Waals surface area contributed by atoms with Crippen LogP contribution in [0.5, 0.6) is 0 Å². The van der Waals surface area contributed by atoms with E-state index >= 15 is 0 Å². The average Bonchev–Trinajstić information content (AvgIpc) is 2.38. The Labute approximate surface area is 115 Å². The zero-order chi connectivity index (χ0) is 14.7. The van der Waals surface area contributed by atoms with E-state index in [-0.39, 0.29) is 11.5 Å². The third-order valence-electron chi connectivity index (χ3n) is 2.79. The smallest absolute Gasteiger partial charge is 0.354 e. The molecule has 20 heavy (non-hydrogen) atoms. The van der Waals surface area contributed by atoms with E-state index in [1.54, 1.807) is 24.1 Å². The maximum Gasteiger partial charge on any atom is 0.354 e. The molecule has 0 aliphatic rings. The number of rotatable bonds is 4. The monoisotopic (exact) mass is 275 g/mol. The van der Waals surface area contributed by atoms with Gasteiger partial charge in [0, 0.05) is 13.6 Å². The summed E-state index contributed by atoms with van der Waals surface area (Å²) in [7, 11) is 1.72. The number of pyridine rings is 1. The van der Waals surface area contributed by atoms with Gasteiger partial charge in [0.1, 0.15) is 5.82 Å². The summed E-state index contributed by atoms with van der Waals surface area (Å²) in [6.07, 6.45) is 0. The summed E-state index contributed by atoms with van der Waals surface area (Å²) in [5.74, 6) is -1.09. The number of anilines is 2. The Morgan fingerprint density at radius 1 is 1.40 bits per heavy atom. The zero-order valence-electron chi connectivity index (χ0n) is 10.9. The number of aromatic nitrogens is 1. The van der Waals surface area contributed by atoms with E-state index in [2.05, 4.69) is 4.98 Å². The molecular formula is C14H14FN3O2. The lowest BCUT2D eigenvalue weighted by Gasteiger charge is -2.20. The first-order chi connectivity index (χ1) is 9.47. The molecule has 0 fully saturated rings. The molecule has 1 aromatic heterocycles. The number of hydrogen-bond donors (Lipinski definition) is 2. The van der Waals surface area contributed by atoms with Gasteiger partial charge in [-0.1, -0.05) is 12.1 Å². The van der Waals surface area contributed by atoms with E-state index in [4.69, 9.17) is 10.8 Å². The van der Waals surface area contributed by atoms with Gasteiger partial charge in [0.25, 0.3) is 0 Å². The molecule has 0 atom stereocenters. The molecule has 0 unspecified atom stereocenters. The minimum atomic E-state index is -1.12. The topological polar surface area (TPSA) is 79.5 Å². The standard InChI is InChI=1S/C14H14FN3O2/c1-18(8-9-3-2-4-10(15)7-9)13-11(16)5-6-12(17-13)14(19)20/h2-7H,8,16H2,1H3,(H,19,20). The Hall–Kier alpha value is -2.63. The van der Waals surface area contributed by atoms with E-state index in [0.29, 0.717) is 18.1 Å². The summed E-state index contributed by atoms with van der Waals surface area (Å²) in [5.41, 5.74) is 6.83. The Morgan fingerprint density at radius 2 is 2.15 bits per heavy atom. The maximum atomic E-state index is 13.1. The molecule has 2 rings (SSSR count). The number of nitrogens with two attached hydrogens (primary N) is 1. The number of hydrogen-bond acceptors (Lipinski definition) is 4. The summed E-state index contributed by atoms with van der Waals surface area (Å²) in [6, 6.07) is 9.00. The Balaban J connectivity index is 2.26. The summed E-state index contributed by atoms with van der Waals surface area (Å²) in [5, 5.41) is 8.94. The lowest BCUT2D eigenvalue weighted by atomic mass is 10.2. The van der Waals surface area contributed by atoms with Gasteiger partial charge in [0.05, 0.1) is 5.69 Å². The molecule has 0 aliphatic carbocycles. The first-order valence-corrected chi connectivity index (χ1v) is 5.93. The molecular weight excluding hydrogens is 261 g/mol. The Bertz CT molecular complexity index is 646. The van der Waals surface area contributed by atoms with Crippen molar-refractivity contribution in [1.82, 2.24) is 4.98 Å². The Morgan fingerprint density at radius 3 is 2.80 bits per heavy atom. The molecule has 0 saturated carbocycles. The second kappa shape index (κ2) is 5.56. The minimum absolute atomic E-state index is 0.0831. The van der Waals surface area contributed by atoms with E-state index in [1.165, 1.54) is 24.3 Å². The van der Waals surface area contributed by atoms with Crippen LogP contribution in [0.25, 0.3) is 0 Å². The van der Waals surface area contributed by atoms with E-state index in [9.17, 15) is 9.18 Å². The molecule has 3 N–H and O–H groups in total. The van der Waals surface area contributed by atoms with Crippen LogP contribution in [0.3, 0.4) is 0 Å². The van der Waals surface area contributed by atoms with Crippen molar-refractivity contribution in [2.75, 3.05) is 17.7 Å². The van der Waals surface area contributed by atoms with Crippen molar-refractivity contribution in [2.45, 2.75) is 6.54 Å². The van der Waals surface area contributed by atoms with E-state index in [1.807, 2.05) is 0 Å². The quantitative estimate of drug-likeness (QED) is 0.893. The van der Waals surface area contributed by atoms with Crippen LogP contribution >= 0.6 is 0 Å². The van der Waals surface area contributed by atoms with Crippen LogP contribution in [0.2, 0.25) is 0 Å². The van der Waals surface area contributed by atoms with Gasteiger partial charge in [-0.25, -0.2) is 14.2 Å². The molecule has 104 valence electrons. The first-order valence-electron chi connectivity index (χ1n) is 5.93.